The van der Waals surface area contributed by atoms with Crippen molar-refractivity contribution in [3.05, 3.63) is 48.6 Å². The van der Waals surface area contributed by atoms with E-state index in [1.165, 1.54) is 6.08 Å². The van der Waals surface area contributed by atoms with Crippen LogP contribution in [0.25, 0.3) is 0 Å². The summed E-state index contributed by atoms with van der Waals surface area (Å²) in [4.78, 5) is 22.6. The van der Waals surface area contributed by atoms with Crippen molar-refractivity contribution < 1.29 is 24.2 Å². The van der Waals surface area contributed by atoms with Gasteiger partial charge in [-0.2, -0.15) is 0 Å². The van der Waals surface area contributed by atoms with Gasteiger partial charge in [0.25, 0.3) is 0 Å². The van der Waals surface area contributed by atoms with E-state index in [2.05, 4.69) is 11.9 Å². The summed E-state index contributed by atoms with van der Waals surface area (Å²) >= 11 is 0. The van der Waals surface area contributed by atoms with E-state index in [1.807, 2.05) is 30.3 Å². The number of alkyl carbamates (subject to hydrolysis) is 1. The maximum atomic E-state index is 11.4. The van der Waals surface area contributed by atoms with Crippen LogP contribution in [0.5, 0.6) is 0 Å². The number of carbonyl (C=O) groups is 2. The molecule has 6 heteroatoms. The second kappa shape index (κ2) is 8.76. The van der Waals surface area contributed by atoms with Crippen molar-refractivity contribution in [2.24, 2.45) is 0 Å². The second-order valence-electron chi connectivity index (χ2n) is 4.35. The van der Waals surface area contributed by atoms with Crippen LogP contribution < -0.4 is 5.32 Å². The minimum Gasteiger partial charge on any atom is -0.480 e. The number of aliphatic carboxylic acids is 1. The Morgan fingerprint density at radius 1 is 1.38 bits per heavy atom. The molecule has 0 saturated heterocycles. The number of ether oxygens (including phenoxy) is 2. The Balaban J connectivity index is 2.53. The molecule has 2 N–H and O–H groups in total. The number of nitrogens with one attached hydrogen (secondary N) is 1. The Labute approximate surface area is 123 Å². The van der Waals surface area contributed by atoms with Crippen molar-refractivity contribution in [1.82, 2.24) is 5.32 Å². The Morgan fingerprint density at radius 2 is 2.05 bits per heavy atom. The highest BCUT2D eigenvalue weighted by Crippen LogP contribution is 2.06. The zero-order chi connectivity index (χ0) is 15.7. The number of carboxylic acid groups (broad SMARTS) is 1. The second-order valence-corrected chi connectivity index (χ2v) is 4.35. The van der Waals surface area contributed by atoms with Gasteiger partial charge in [-0.3, -0.25) is 0 Å². The molecular weight excluding hydrogens is 274 g/mol. The third kappa shape index (κ3) is 6.09. The van der Waals surface area contributed by atoms with Gasteiger partial charge in [0, 0.05) is 0 Å². The van der Waals surface area contributed by atoms with Crippen LogP contribution in [0, 0.1) is 0 Å². The van der Waals surface area contributed by atoms with Gasteiger partial charge >= 0.3 is 12.1 Å². The van der Waals surface area contributed by atoms with Crippen LogP contribution in [0.2, 0.25) is 0 Å². The Morgan fingerprint density at radius 3 is 2.62 bits per heavy atom. The maximum Gasteiger partial charge on any atom is 0.408 e. The lowest BCUT2D eigenvalue weighted by atomic mass is 10.2. The lowest BCUT2D eigenvalue weighted by Crippen LogP contribution is -2.48. The van der Waals surface area contributed by atoms with E-state index < -0.39 is 24.2 Å². The minimum atomic E-state index is -1.19. The summed E-state index contributed by atoms with van der Waals surface area (Å²) < 4.78 is 10.2. The summed E-state index contributed by atoms with van der Waals surface area (Å²) in [6.07, 6.45) is -0.138. The first kappa shape index (κ1) is 16.7. The van der Waals surface area contributed by atoms with E-state index in [9.17, 15) is 9.59 Å². The molecule has 1 amide bonds. The van der Waals surface area contributed by atoms with Gasteiger partial charge in [-0.1, -0.05) is 43.0 Å². The zero-order valence-corrected chi connectivity index (χ0v) is 11.8. The predicted octanol–water partition coefficient (Wildman–Crippen LogP) is 1.96. The smallest absolute Gasteiger partial charge is 0.408 e. The van der Waals surface area contributed by atoms with Crippen LogP contribution in [0.1, 0.15) is 12.5 Å². The van der Waals surface area contributed by atoms with Crippen LogP contribution in [0.15, 0.2) is 43.0 Å². The molecule has 114 valence electrons. The van der Waals surface area contributed by atoms with Crippen molar-refractivity contribution in [3.63, 3.8) is 0 Å². The molecule has 0 heterocycles. The molecule has 1 aromatic carbocycles. The average Bonchev–Trinajstić information content (AvgIpc) is 2.49. The molecule has 0 bridgehead atoms. The molecule has 21 heavy (non-hydrogen) atoms. The summed E-state index contributed by atoms with van der Waals surface area (Å²) in [6.45, 7) is 5.25. The molecule has 0 spiro atoms. The fourth-order valence-corrected chi connectivity index (χ4v) is 1.58. The van der Waals surface area contributed by atoms with Crippen LogP contribution >= 0.6 is 0 Å². The number of amides is 1. The highest BCUT2D eigenvalue weighted by Gasteiger charge is 2.27. The molecule has 6 nitrogen and oxygen atoms in total. The number of hydrogen-bond acceptors (Lipinski definition) is 4. The number of rotatable bonds is 8. The molecule has 0 aliphatic carbocycles. The summed E-state index contributed by atoms with van der Waals surface area (Å²) in [5.41, 5.74) is 0.919. The van der Waals surface area contributed by atoms with Gasteiger partial charge in [-0.05, 0) is 12.5 Å². The van der Waals surface area contributed by atoms with E-state index in [-0.39, 0.29) is 13.2 Å². The van der Waals surface area contributed by atoms with Crippen LogP contribution in [0.4, 0.5) is 4.79 Å². The van der Waals surface area contributed by atoms with Crippen molar-refractivity contribution in [3.8, 4) is 0 Å². The summed E-state index contributed by atoms with van der Waals surface area (Å²) in [6, 6.07) is 8.16. The van der Waals surface area contributed by atoms with Gasteiger partial charge in [-0.25, -0.2) is 9.59 Å². The molecular formula is C15H19NO5. The molecule has 1 rings (SSSR count). The normalized spacial score (nSPS) is 13.0. The molecule has 0 aliphatic heterocycles. The standard InChI is InChI=1S/C15H19NO5/c1-3-9-20-15(19)16-13(14(17)18)11(2)21-10-12-7-5-4-6-8-12/h3-8,11,13H,1,9-10H2,2H3,(H,16,19)(H,17,18)/t11-,13+/m0/s1. The van der Waals surface area contributed by atoms with Gasteiger partial charge in [0.05, 0.1) is 12.7 Å². The first-order valence-electron chi connectivity index (χ1n) is 6.47. The van der Waals surface area contributed by atoms with E-state index in [0.717, 1.165) is 5.56 Å². The highest BCUT2D eigenvalue weighted by atomic mass is 16.5. The largest absolute Gasteiger partial charge is 0.480 e. The quantitative estimate of drug-likeness (QED) is 0.716. The Kier molecular flexibility index (Phi) is 6.97. The number of carboxylic acids is 1. The minimum absolute atomic E-state index is 0.0113. The van der Waals surface area contributed by atoms with Crippen LogP contribution in [0.3, 0.4) is 0 Å². The Hall–Kier alpha value is -2.34. The molecule has 0 aliphatic rings. The first-order chi connectivity index (χ1) is 10.0. The number of hydrogen-bond donors (Lipinski definition) is 2. The van der Waals surface area contributed by atoms with Crippen LogP contribution in [-0.4, -0.2) is 35.9 Å². The summed E-state index contributed by atoms with van der Waals surface area (Å²) in [5.74, 6) is -1.19. The van der Waals surface area contributed by atoms with Gasteiger partial charge in [0.2, 0.25) is 0 Å². The predicted molar refractivity (Wildman–Crippen MR) is 76.8 cm³/mol. The topological polar surface area (TPSA) is 84.9 Å². The highest BCUT2D eigenvalue weighted by molar-refractivity contribution is 5.80. The molecule has 2 atom stereocenters. The fraction of sp³-hybridized carbons (Fsp3) is 0.333. The average molecular weight is 293 g/mol. The molecule has 0 fully saturated rings. The first-order valence-corrected chi connectivity index (χ1v) is 6.47. The van der Waals surface area contributed by atoms with E-state index in [0.29, 0.717) is 0 Å². The molecule has 0 radical (unpaired) electrons. The van der Waals surface area contributed by atoms with Gasteiger partial charge in [0.15, 0.2) is 6.04 Å². The lowest BCUT2D eigenvalue weighted by Gasteiger charge is -2.21. The molecule has 0 unspecified atom stereocenters. The van der Waals surface area contributed by atoms with Gasteiger partial charge < -0.3 is 19.9 Å². The van der Waals surface area contributed by atoms with E-state index in [1.54, 1.807) is 6.92 Å². The summed E-state index contributed by atoms with van der Waals surface area (Å²) in [5, 5.41) is 11.4. The monoisotopic (exact) mass is 293 g/mol. The van der Waals surface area contributed by atoms with Gasteiger partial charge in [0.1, 0.15) is 6.61 Å². The Bertz CT molecular complexity index is 474. The van der Waals surface area contributed by atoms with Crippen molar-refractivity contribution in [1.29, 1.82) is 0 Å². The van der Waals surface area contributed by atoms with E-state index >= 15 is 0 Å². The third-order valence-electron chi connectivity index (χ3n) is 2.70. The number of benzene rings is 1. The van der Waals surface area contributed by atoms with Crippen molar-refractivity contribution in [2.75, 3.05) is 6.61 Å². The summed E-state index contributed by atoms with van der Waals surface area (Å²) in [7, 11) is 0. The number of carbonyl (C=O) groups excluding carboxylic acids is 1. The van der Waals surface area contributed by atoms with Crippen molar-refractivity contribution >= 4 is 12.1 Å². The molecule has 0 aromatic heterocycles. The van der Waals surface area contributed by atoms with Gasteiger partial charge in [-0.15, -0.1) is 0 Å². The zero-order valence-electron chi connectivity index (χ0n) is 11.8. The third-order valence-corrected chi connectivity index (χ3v) is 2.70. The lowest BCUT2D eigenvalue weighted by molar-refractivity contribution is -0.143. The molecule has 1 aromatic rings. The fourth-order valence-electron chi connectivity index (χ4n) is 1.58. The van der Waals surface area contributed by atoms with Crippen LogP contribution in [-0.2, 0) is 20.9 Å². The van der Waals surface area contributed by atoms with Crippen molar-refractivity contribution in [2.45, 2.75) is 25.7 Å². The van der Waals surface area contributed by atoms with E-state index in [4.69, 9.17) is 14.6 Å². The molecule has 0 saturated carbocycles. The SMILES string of the molecule is C=CCOC(=O)N[C@@H](C(=O)O)[C@H](C)OCc1ccccc1. The maximum absolute atomic E-state index is 11.4.